The topological polar surface area (TPSA) is 29.4 Å². The Morgan fingerprint density at radius 3 is 2.21 bits per heavy atom. The first-order valence-electron chi connectivity index (χ1n) is 4.55. The molecule has 2 nitrogen and oxygen atoms in total. The molecule has 0 atom stereocenters. The Balaban J connectivity index is 2.86. The zero-order chi connectivity index (χ0) is 10.1. The smallest absolute Gasteiger partial charge is 0.108 e. The van der Waals surface area contributed by atoms with Gasteiger partial charge in [0.2, 0.25) is 0 Å². The molecule has 0 fully saturated rings. The summed E-state index contributed by atoms with van der Waals surface area (Å²) in [6.07, 6.45) is 0. The van der Waals surface area contributed by atoms with Crippen LogP contribution in [0.4, 0.5) is 5.69 Å². The number of hydrogen-bond acceptors (Lipinski definition) is 2. The minimum atomic E-state index is 0.492. The second-order valence-corrected chi connectivity index (χ2v) is 3.52. The van der Waals surface area contributed by atoms with E-state index in [1.165, 1.54) is 16.5 Å². The Kier molecular flexibility index (Phi) is 2.04. The summed E-state index contributed by atoms with van der Waals surface area (Å²) in [5.74, 6) is 0. The van der Waals surface area contributed by atoms with Crippen LogP contribution in [0.5, 0.6) is 0 Å². The van der Waals surface area contributed by atoms with Crippen LogP contribution < -0.4 is 0 Å². The third-order valence-electron chi connectivity index (χ3n) is 2.54. The van der Waals surface area contributed by atoms with Crippen molar-refractivity contribution < 1.29 is 0 Å². The van der Waals surface area contributed by atoms with Gasteiger partial charge >= 0.3 is 0 Å². The van der Waals surface area contributed by atoms with Crippen molar-refractivity contribution in [2.24, 2.45) is 5.18 Å². The van der Waals surface area contributed by atoms with Crippen molar-refractivity contribution in [3.05, 3.63) is 46.4 Å². The van der Waals surface area contributed by atoms with E-state index in [-0.39, 0.29) is 0 Å². The number of nitrogens with zero attached hydrogens (tertiary/aromatic N) is 1. The lowest BCUT2D eigenvalue weighted by atomic mass is 10.0. The monoisotopic (exact) mass is 185 g/mol. The largest absolute Gasteiger partial charge is 0.145 e. The van der Waals surface area contributed by atoms with Crippen molar-refractivity contribution >= 4 is 16.5 Å². The highest BCUT2D eigenvalue weighted by Crippen LogP contribution is 2.26. The first-order valence-corrected chi connectivity index (χ1v) is 4.55. The summed E-state index contributed by atoms with van der Waals surface area (Å²) in [5.41, 5.74) is 2.89. The Morgan fingerprint density at radius 2 is 1.57 bits per heavy atom. The molecule has 14 heavy (non-hydrogen) atoms. The maximum Gasteiger partial charge on any atom is 0.108 e. The van der Waals surface area contributed by atoms with Gasteiger partial charge in [0, 0.05) is 0 Å². The number of nitroso groups, excluding NO2 is 1. The van der Waals surface area contributed by atoms with E-state index in [1.54, 1.807) is 6.07 Å². The van der Waals surface area contributed by atoms with Gasteiger partial charge in [-0.1, -0.05) is 18.2 Å². The summed E-state index contributed by atoms with van der Waals surface area (Å²) in [6, 6.07) is 9.69. The fraction of sp³-hybridized carbons (Fsp3) is 0.167. The lowest BCUT2D eigenvalue weighted by Crippen LogP contribution is -1.81. The van der Waals surface area contributed by atoms with E-state index in [4.69, 9.17) is 0 Å². The van der Waals surface area contributed by atoms with Crippen molar-refractivity contribution in [2.45, 2.75) is 13.8 Å². The summed E-state index contributed by atoms with van der Waals surface area (Å²) < 4.78 is 0. The third-order valence-corrected chi connectivity index (χ3v) is 2.54. The van der Waals surface area contributed by atoms with Crippen LogP contribution in [-0.2, 0) is 0 Å². The van der Waals surface area contributed by atoms with Crippen LogP contribution >= 0.6 is 0 Å². The molecular weight excluding hydrogens is 174 g/mol. The van der Waals surface area contributed by atoms with Crippen LogP contribution in [0, 0.1) is 18.8 Å². The van der Waals surface area contributed by atoms with Gasteiger partial charge in [-0.2, -0.15) is 0 Å². The molecule has 0 saturated carbocycles. The molecule has 0 aliphatic heterocycles. The average Bonchev–Trinajstić information content (AvgIpc) is 2.23. The quantitative estimate of drug-likeness (QED) is 0.620. The summed E-state index contributed by atoms with van der Waals surface area (Å²) in [5, 5.41) is 5.25. The van der Waals surface area contributed by atoms with Crippen LogP contribution in [0.25, 0.3) is 10.8 Å². The fourth-order valence-electron chi connectivity index (χ4n) is 1.69. The molecule has 0 aliphatic carbocycles. The van der Waals surface area contributed by atoms with E-state index in [1.807, 2.05) is 19.1 Å². The Labute approximate surface area is 82.5 Å². The summed E-state index contributed by atoms with van der Waals surface area (Å²) in [4.78, 5) is 10.4. The minimum Gasteiger partial charge on any atom is -0.145 e. The first kappa shape index (κ1) is 8.88. The number of rotatable bonds is 1. The van der Waals surface area contributed by atoms with Gasteiger partial charge in [0.25, 0.3) is 0 Å². The Hall–Kier alpha value is -1.70. The highest BCUT2D eigenvalue weighted by Gasteiger charge is 2.01. The number of aryl methyl sites for hydroxylation is 2. The van der Waals surface area contributed by atoms with E-state index in [0.717, 1.165) is 5.39 Å². The number of benzene rings is 2. The zero-order valence-corrected chi connectivity index (χ0v) is 8.24. The highest BCUT2D eigenvalue weighted by atomic mass is 16.3. The average molecular weight is 185 g/mol. The lowest BCUT2D eigenvalue weighted by molar-refractivity contribution is 1.44. The molecule has 2 heteroatoms. The van der Waals surface area contributed by atoms with Crippen LogP contribution in [0.1, 0.15) is 11.1 Å². The number of fused-ring (bicyclic) bond motifs is 1. The highest BCUT2D eigenvalue weighted by molar-refractivity contribution is 5.90. The van der Waals surface area contributed by atoms with E-state index in [0.29, 0.717) is 5.69 Å². The van der Waals surface area contributed by atoms with Gasteiger partial charge in [0.1, 0.15) is 5.69 Å². The minimum absolute atomic E-state index is 0.492. The molecule has 0 amide bonds. The van der Waals surface area contributed by atoms with Crippen LogP contribution in [0.3, 0.4) is 0 Å². The summed E-state index contributed by atoms with van der Waals surface area (Å²) in [6.45, 7) is 4.10. The van der Waals surface area contributed by atoms with E-state index >= 15 is 0 Å². The van der Waals surface area contributed by atoms with Gasteiger partial charge in [-0.3, -0.25) is 0 Å². The van der Waals surface area contributed by atoms with Gasteiger partial charge in [-0.25, -0.2) is 0 Å². The molecule has 0 saturated heterocycles. The molecule has 70 valence electrons. The zero-order valence-electron chi connectivity index (χ0n) is 8.24. The second-order valence-electron chi connectivity index (χ2n) is 3.52. The van der Waals surface area contributed by atoms with E-state index in [2.05, 4.69) is 24.2 Å². The van der Waals surface area contributed by atoms with Crippen molar-refractivity contribution in [1.82, 2.24) is 0 Å². The second kappa shape index (κ2) is 3.22. The van der Waals surface area contributed by atoms with Crippen molar-refractivity contribution in [3.8, 4) is 0 Å². The maximum atomic E-state index is 10.4. The molecule has 0 radical (unpaired) electrons. The van der Waals surface area contributed by atoms with Gasteiger partial charge in [0.05, 0.1) is 0 Å². The first-order chi connectivity index (χ1) is 6.72. The van der Waals surface area contributed by atoms with E-state index in [9.17, 15) is 4.91 Å². The third kappa shape index (κ3) is 1.29. The maximum absolute atomic E-state index is 10.4. The summed E-state index contributed by atoms with van der Waals surface area (Å²) >= 11 is 0. The molecule has 0 bridgehead atoms. The van der Waals surface area contributed by atoms with Gasteiger partial charge in [0.15, 0.2) is 0 Å². The van der Waals surface area contributed by atoms with Crippen LogP contribution in [0.2, 0.25) is 0 Å². The van der Waals surface area contributed by atoms with Gasteiger partial charge in [-0.05, 0) is 53.1 Å². The van der Waals surface area contributed by atoms with Crippen molar-refractivity contribution in [2.75, 3.05) is 0 Å². The predicted molar refractivity (Wildman–Crippen MR) is 58.9 cm³/mol. The molecule has 0 heterocycles. The van der Waals surface area contributed by atoms with Crippen LogP contribution in [-0.4, -0.2) is 0 Å². The molecule has 2 aromatic rings. The standard InChI is InChI=1S/C12H11NO/c1-8-3-4-9(2)12-7-10(13-14)5-6-11(8)12/h3-7H,1-2H3. The lowest BCUT2D eigenvalue weighted by Gasteiger charge is -2.05. The van der Waals surface area contributed by atoms with Crippen LogP contribution in [0.15, 0.2) is 35.5 Å². The molecule has 2 rings (SSSR count). The molecular formula is C12H11NO. The number of hydrogen-bond donors (Lipinski definition) is 0. The predicted octanol–water partition coefficient (Wildman–Crippen LogP) is 3.85. The van der Waals surface area contributed by atoms with Crippen molar-refractivity contribution in [1.29, 1.82) is 0 Å². The SMILES string of the molecule is Cc1ccc(C)c2cc(N=O)ccc12. The molecule has 0 N–H and O–H groups in total. The molecule has 0 spiro atoms. The molecule has 0 aliphatic rings. The van der Waals surface area contributed by atoms with E-state index < -0.39 is 0 Å². The molecule has 2 aromatic carbocycles. The Bertz CT molecular complexity index is 503. The molecule has 0 aromatic heterocycles. The summed E-state index contributed by atoms with van der Waals surface area (Å²) in [7, 11) is 0. The molecule has 0 unspecified atom stereocenters. The van der Waals surface area contributed by atoms with Crippen molar-refractivity contribution in [3.63, 3.8) is 0 Å². The fourth-order valence-corrected chi connectivity index (χ4v) is 1.69. The normalized spacial score (nSPS) is 10.4. The Morgan fingerprint density at radius 1 is 0.929 bits per heavy atom. The van der Waals surface area contributed by atoms with Gasteiger partial charge in [-0.15, -0.1) is 4.91 Å². The van der Waals surface area contributed by atoms with Gasteiger partial charge < -0.3 is 0 Å².